The van der Waals surface area contributed by atoms with E-state index in [1.165, 1.54) is 0 Å². The van der Waals surface area contributed by atoms with Crippen LogP contribution in [-0.4, -0.2) is 51.1 Å². The summed E-state index contributed by atoms with van der Waals surface area (Å²) in [6, 6.07) is 7.20. The molecule has 1 aromatic rings. The molecule has 0 unspecified atom stereocenters. The highest BCUT2D eigenvalue weighted by atomic mass is 16.5. The van der Waals surface area contributed by atoms with Crippen LogP contribution in [0.4, 0.5) is 0 Å². The molecule has 0 aliphatic heterocycles. The quantitative estimate of drug-likeness (QED) is 0.661. The second-order valence-electron chi connectivity index (χ2n) is 4.01. The Morgan fingerprint density at radius 2 is 1.89 bits per heavy atom. The number of nitrogens with zero attached hydrogens (tertiary/aromatic N) is 1. The van der Waals surface area contributed by atoms with Crippen LogP contribution in [0.1, 0.15) is 17.3 Å². The van der Waals surface area contributed by atoms with Crippen LogP contribution in [0.15, 0.2) is 24.3 Å². The van der Waals surface area contributed by atoms with E-state index in [0.29, 0.717) is 18.7 Å². The molecule has 4 nitrogen and oxygen atoms in total. The van der Waals surface area contributed by atoms with Gasteiger partial charge in [0.25, 0.3) is 0 Å². The molecule has 0 spiro atoms. The van der Waals surface area contributed by atoms with Crippen molar-refractivity contribution in [2.24, 2.45) is 0 Å². The van der Waals surface area contributed by atoms with Gasteiger partial charge in [0.05, 0.1) is 20.3 Å². The molecule has 18 heavy (non-hydrogen) atoms. The van der Waals surface area contributed by atoms with Crippen molar-refractivity contribution in [3.8, 4) is 5.75 Å². The van der Waals surface area contributed by atoms with Crippen molar-refractivity contribution in [1.29, 1.82) is 0 Å². The van der Waals surface area contributed by atoms with Crippen molar-refractivity contribution in [3.63, 3.8) is 0 Å². The summed E-state index contributed by atoms with van der Waals surface area (Å²) in [6.07, 6.45) is 0. The van der Waals surface area contributed by atoms with Crippen molar-refractivity contribution in [1.82, 2.24) is 4.90 Å². The summed E-state index contributed by atoms with van der Waals surface area (Å²) in [5.41, 5.74) is 0.715. The van der Waals surface area contributed by atoms with Gasteiger partial charge in [-0.25, -0.2) is 0 Å². The van der Waals surface area contributed by atoms with Gasteiger partial charge in [0.1, 0.15) is 5.75 Å². The van der Waals surface area contributed by atoms with Crippen molar-refractivity contribution in [2.75, 3.05) is 40.5 Å². The Bertz CT molecular complexity index is 362. The lowest BCUT2D eigenvalue weighted by atomic mass is 10.1. The molecule has 0 amide bonds. The molecule has 0 aliphatic rings. The number of carbonyl (C=O) groups is 1. The fourth-order valence-corrected chi connectivity index (χ4v) is 1.64. The van der Waals surface area contributed by atoms with Gasteiger partial charge in [-0.3, -0.25) is 9.69 Å². The van der Waals surface area contributed by atoms with E-state index >= 15 is 0 Å². The lowest BCUT2D eigenvalue weighted by molar-refractivity contribution is 0.0902. The maximum absolute atomic E-state index is 12.1. The molecule has 0 saturated carbocycles. The van der Waals surface area contributed by atoms with Gasteiger partial charge in [-0.2, -0.15) is 0 Å². The number of benzene rings is 1. The standard InChI is InChI=1S/C14H21NO3/c1-4-15(9-10-17-2)11-14(16)12-5-7-13(18-3)8-6-12/h5-8H,4,9-11H2,1-3H3. The van der Waals surface area contributed by atoms with E-state index in [1.54, 1.807) is 38.5 Å². The van der Waals surface area contributed by atoms with E-state index in [-0.39, 0.29) is 5.78 Å². The number of Topliss-reactive ketones (excluding diaryl/α,β-unsaturated/α-hetero) is 1. The van der Waals surface area contributed by atoms with Crippen LogP contribution in [0.2, 0.25) is 0 Å². The predicted molar refractivity (Wildman–Crippen MR) is 71.3 cm³/mol. The van der Waals surface area contributed by atoms with Crippen LogP contribution in [0.5, 0.6) is 5.75 Å². The number of hydrogen-bond acceptors (Lipinski definition) is 4. The summed E-state index contributed by atoms with van der Waals surface area (Å²) >= 11 is 0. The predicted octanol–water partition coefficient (Wildman–Crippen LogP) is 1.85. The average molecular weight is 251 g/mol. The maximum Gasteiger partial charge on any atom is 0.176 e. The van der Waals surface area contributed by atoms with Gasteiger partial charge in [0.15, 0.2) is 5.78 Å². The zero-order valence-corrected chi connectivity index (χ0v) is 11.3. The molecule has 0 aromatic heterocycles. The van der Waals surface area contributed by atoms with E-state index in [1.807, 2.05) is 6.92 Å². The van der Waals surface area contributed by atoms with Crippen LogP contribution >= 0.6 is 0 Å². The number of ether oxygens (including phenoxy) is 2. The first kappa shape index (κ1) is 14.7. The number of likely N-dealkylation sites (N-methyl/N-ethyl adjacent to an activating group) is 1. The summed E-state index contributed by atoms with van der Waals surface area (Å²) in [5, 5.41) is 0. The summed E-state index contributed by atoms with van der Waals surface area (Å²) < 4.78 is 10.1. The highest BCUT2D eigenvalue weighted by Crippen LogP contribution is 2.12. The van der Waals surface area contributed by atoms with E-state index in [0.717, 1.165) is 18.8 Å². The van der Waals surface area contributed by atoms with E-state index in [4.69, 9.17) is 9.47 Å². The highest BCUT2D eigenvalue weighted by molar-refractivity contribution is 5.97. The Morgan fingerprint density at radius 1 is 1.22 bits per heavy atom. The number of ketones is 1. The second kappa shape index (κ2) is 7.84. The fraction of sp³-hybridized carbons (Fsp3) is 0.500. The van der Waals surface area contributed by atoms with Crippen LogP contribution in [-0.2, 0) is 4.74 Å². The Labute approximate surface area is 108 Å². The molecule has 0 heterocycles. The SMILES string of the molecule is CCN(CCOC)CC(=O)c1ccc(OC)cc1. The van der Waals surface area contributed by atoms with Gasteiger partial charge < -0.3 is 9.47 Å². The molecule has 0 fully saturated rings. The van der Waals surface area contributed by atoms with Gasteiger partial charge in [0, 0.05) is 19.2 Å². The van der Waals surface area contributed by atoms with Crippen molar-refractivity contribution < 1.29 is 14.3 Å². The van der Waals surface area contributed by atoms with Gasteiger partial charge in [0.2, 0.25) is 0 Å². The largest absolute Gasteiger partial charge is 0.497 e. The molecule has 1 aromatic carbocycles. The van der Waals surface area contributed by atoms with Crippen LogP contribution < -0.4 is 4.74 Å². The maximum atomic E-state index is 12.1. The van der Waals surface area contributed by atoms with Crippen LogP contribution in [0, 0.1) is 0 Å². The molecular formula is C14H21NO3. The second-order valence-corrected chi connectivity index (χ2v) is 4.01. The Balaban J connectivity index is 2.56. The molecule has 100 valence electrons. The molecule has 0 N–H and O–H groups in total. The molecule has 0 aliphatic carbocycles. The van der Waals surface area contributed by atoms with Crippen molar-refractivity contribution in [3.05, 3.63) is 29.8 Å². The summed E-state index contributed by atoms with van der Waals surface area (Å²) in [4.78, 5) is 14.1. The molecule has 4 heteroatoms. The topological polar surface area (TPSA) is 38.8 Å². The van der Waals surface area contributed by atoms with Crippen molar-refractivity contribution >= 4 is 5.78 Å². The Kier molecular flexibility index (Phi) is 6.39. The number of hydrogen-bond donors (Lipinski definition) is 0. The van der Waals surface area contributed by atoms with E-state index < -0.39 is 0 Å². The fourth-order valence-electron chi connectivity index (χ4n) is 1.64. The molecule has 0 atom stereocenters. The summed E-state index contributed by atoms with van der Waals surface area (Å²) in [7, 11) is 3.28. The lowest BCUT2D eigenvalue weighted by Crippen LogP contribution is -2.32. The van der Waals surface area contributed by atoms with E-state index in [9.17, 15) is 4.79 Å². The number of rotatable bonds is 8. The lowest BCUT2D eigenvalue weighted by Gasteiger charge is -2.18. The zero-order valence-electron chi connectivity index (χ0n) is 11.3. The normalized spacial score (nSPS) is 10.7. The minimum absolute atomic E-state index is 0.121. The monoisotopic (exact) mass is 251 g/mol. The molecule has 0 bridgehead atoms. The minimum atomic E-state index is 0.121. The number of carbonyl (C=O) groups excluding carboxylic acids is 1. The van der Waals surface area contributed by atoms with E-state index in [2.05, 4.69) is 4.90 Å². The third kappa shape index (κ3) is 4.47. The summed E-state index contributed by atoms with van der Waals surface area (Å²) in [5.74, 6) is 0.883. The van der Waals surface area contributed by atoms with Crippen LogP contribution in [0.25, 0.3) is 0 Å². The van der Waals surface area contributed by atoms with Crippen LogP contribution in [0.3, 0.4) is 0 Å². The number of methoxy groups -OCH3 is 2. The third-order valence-electron chi connectivity index (χ3n) is 2.84. The Hall–Kier alpha value is -1.39. The average Bonchev–Trinajstić information content (AvgIpc) is 2.43. The molecule has 0 radical (unpaired) electrons. The first-order chi connectivity index (χ1) is 8.71. The highest BCUT2D eigenvalue weighted by Gasteiger charge is 2.11. The molecule has 0 saturated heterocycles. The molecular weight excluding hydrogens is 230 g/mol. The third-order valence-corrected chi connectivity index (χ3v) is 2.84. The van der Waals surface area contributed by atoms with Gasteiger partial charge in [-0.15, -0.1) is 0 Å². The van der Waals surface area contributed by atoms with Crippen molar-refractivity contribution in [2.45, 2.75) is 6.92 Å². The summed E-state index contributed by atoms with van der Waals surface area (Å²) in [6.45, 7) is 4.72. The zero-order chi connectivity index (χ0) is 13.4. The Morgan fingerprint density at radius 3 is 2.39 bits per heavy atom. The first-order valence-corrected chi connectivity index (χ1v) is 6.09. The first-order valence-electron chi connectivity index (χ1n) is 6.09. The molecule has 1 rings (SSSR count). The van der Waals surface area contributed by atoms with Gasteiger partial charge in [-0.1, -0.05) is 6.92 Å². The van der Waals surface area contributed by atoms with Gasteiger partial charge in [-0.05, 0) is 30.8 Å². The van der Waals surface area contributed by atoms with Gasteiger partial charge >= 0.3 is 0 Å². The smallest absolute Gasteiger partial charge is 0.176 e. The minimum Gasteiger partial charge on any atom is -0.497 e.